The van der Waals surface area contributed by atoms with Crippen LogP contribution >= 0.6 is 0 Å². The van der Waals surface area contributed by atoms with Gasteiger partial charge in [-0.25, -0.2) is 0 Å². The number of benzene rings is 1. The number of hydrogen-bond donors (Lipinski definition) is 1. The fraction of sp³-hybridized carbons (Fsp3) is 0.571. The quantitative estimate of drug-likeness (QED) is 0.827. The van der Waals surface area contributed by atoms with Crippen molar-refractivity contribution in [2.45, 2.75) is 38.5 Å². The van der Waals surface area contributed by atoms with Crippen LogP contribution in [0.15, 0.2) is 24.3 Å². The van der Waals surface area contributed by atoms with Crippen LogP contribution in [0.3, 0.4) is 0 Å². The zero-order chi connectivity index (χ0) is 13.7. The van der Waals surface area contributed by atoms with Gasteiger partial charge >= 0.3 is 6.61 Å². The Kier molecular flexibility index (Phi) is 5.10. The number of alkyl halides is 2. The van der Waals surface area contributed by atoms with Crippen molar-refractivity contribution >= 4 is 0 Å². The first kappa shape index (κ1) is 14.2. The number of rotatable bonds is 7. The maximum atomic E-state index is 12.3. The molecule has 19 heavy (non-hydrogen) atoms. The molecule has 1 aromatic carbocycles. The molecule has 2 rings (SSSR count). The zero-order valence-corrected chi connectivity index (χ0v) is 10.8. The second-order valence-electron chi connectivity index (χ2n) is 4.77. The summed E-state index contributed by atoms with van der Waals surface area (Å²) in [4.78, 5) is 2.14. The third kappa shape index (κ3) is 3.88. The fourth-order valence-electron chi connectivity index (χ4n) is 2.34. The first-order chi connectivity index (χ1) is 9.20. The molecule has 1 aromatic rings. The summed E-state index contributed by atoms with van der Waals surface area (Å²) >= 11 is 0. The van der Waals surface area contributed by atoms with Gasteiger partial charge in [-0.05, 0) is 18.9 Å². The molecule has 0 atom stereocenters. The van der Waals surface area contributed by atoms with Gasteiger partial charge in [-0.3, -0.25) is 4.90 Å². The molecule has 106 valence electrons. The third-order valence-corrected chi connectivity index (χ3v) is 3.54. The van der Waals surface area contributed by atoms with Crippen molar-refractivity contribution in [1.82, 2.24) is 4.90 Å². The molecule has 1 fully saturated rings. The fourth-order valence-corrected chi connectivity index (χ4v) is 2.34. The highest BCUT2D eigenvalue weighted by Crippen LogP contribution is 2.28. The van der Waals surface area contributed by atoms with Crippen molar-refractivity contribution in [3.8, 4) is 5.75 Å². The standard InChI is InChI=1S/C14H19F2NO2/c15-14(16)19-13-7-2-1-4-11(13)10-17(8-9-18)12-5-3-6-12/h1-2,4,7,12,14,18H,3,5-6,8-10H2. The molecule has 1 aliphatic carbocycles. The molecule has 0 unspecified atom stereocenters. The predicted molar refractivity (Wildman–Crippen MR) is 68.2 cm³/mol. The van der Waals surface area contributed by atoms with Crippen LogP contribution in [0.2, 0.25) is 0 Å². The van der Waals surface area contributed by atoms with Gasteiger partial charge in [0.15, 0.2) is 0 Å². The van der Waals surface area contributed by atoms with Crippen LogP contribution in [0.4, 0.5) is 8.78 Å². The molecule has 0 radical (unpaired) electrons. The van der Waals surface area contributed by atoms with Crippen molar-refractivity contribution in [3.63, 3.8) is 0 Å². The molecule has 5 heteroatoms. The molecule has 0 aliphatic heterocycles. The Morgan fingerprint density at radius 1 is 1.32 bits per heavy atom. The maximum Gasteiger partial charge on any atom is 0.387 e. The number of aliphatic hydroxyl groups excluding tert-OH is 1. The van der Waals surface area contributed by atoms with E-state index in [1.807, 2.05) is 6.07 Å². The molecule has 0 bridgehead atoms. The SMILES string of the molecule is OCCN(Cc1ccccc1OC(F)F)C1CCC1. The van der Waals surface area contributed by atoms with Crippen molar-refractivity contribution in [1.29, 1.82) is 0 Å². The molecule has 3 nitrogen and oxygen atoms in total. The van der Waals surface area contributed by atoms with Crippen LogP contribution < -0.4 is 4.74 Å². The molecular formula is C14H19F2NO2. The van der Waals surface area contributed by atoms with Gasteiger partial charge in [0.2, 0.25) is 0 Å². The third-order valence-electron chi connectivity index (χ3n) is 3.54. The molecule has 0 spiro atoms. The minimum Gasteiger partial charge on any atom is -0.434 e. The highest BCUT2D eigenvalue weighted by Gasteiger charge is 2.25. The summed E-state index contributed by atoms with van der Waals surface area (Å²) in [6, 6.07) is 7.29. The van der Waals surface area contributed by atoms with Gasteiger partial charge in [-0.2, -0.15) is 8.78 Å². The summed E-state index contributed by atoms with van der Waals surface area (Å²) in [7, 11) is 0. The van der Waals surface area contributed by atoms with E-state index in [0.29, 0.717) is 19.1 Å². The molecule has 1 saturated carbocycles. The Morgan fingerprint density at radius 3 is 2.63 bits per heavy atom. The van der Waals surface area contributed by atoms with Crippen LogP contribution in [0.5, 0.6) is 5.75 Å². The lowest BCUT2D eigenvalue weighted by Gasteiger charge is -2.37. The number of nitrogens with zero attached hydrogens (tertiary/aromatic N) is 1. The zero-order valence-electron chi connectivity index (χ0n) is 10.8. The van der Waals surface area contributed by atoms with Gasteiger partial charge < -0.3 is 9.84 Å². The predicted octanol–water partition coefficient (Wildman–Crippen LogP) is 2.63. The highest BCUT2D eigenvalue weighted by molar-refractivity contribution is 5.33. The number of para-hydroxylation sites is 1. The molecular weight excluding hydrogens is 252 g/mol. The molecule has 1 N–H and O–H groups in total. The van der Waals surface area contributed by atoms with Gasteiger partial charge in [0.1, 0.15) is 5.75 Å². The summed E-state index contributed by atoms with van der Waals surface area (Å²) in [5.41, 5.74) is 0.739. The summed E-state index contributed by atoms with van der Waals surface area (Å²) in [6.07, 6.45) is 3.41. The smallest absolute Gasteiger partial charge is 0.387 e. The van der Waals surface area contributed by atoms with E-state index in [0.717, 1.165) is 18.4 Å². The lowest BCUT2D eigenvalue weighted by molar-refractivity contribution is -0.0510. The van der Waals surface area contributed by atoms with Crippen LogP contribution in [-0.2, 0) is 6.54 Å². The summed E-state index contributed by atoms with van der Waals surface area (Å²) in [5, 5.41) is 9.11. The molecule has 1 aliphatic rings. The highest BCUT2D eigenvalue weighted by atomic mass is 19.3. The Hall–Kier alpha value is -1.20. The van der Waals surface area contributed by atoms with Crippen molar-refractivity contribution in [2.24, 2.45) is 0 Å². The largest absolute Gasteiger partial charge is 0.434 e. The summed E-state index contributed by atoms with van der Waals surface area (Å²) in [6.45, 7) is -1.63. The van der Waals surface area contributed by atoms with E-state index in [1.165, 1.54) is 6.42 Å². The summed E-state index contributed by atoms with van der Waals surface area (Å²) < 4.78 is 29.2. The van der Waals surface area contributed by atoms with Crippen LogP contribution in [0.25, 0.3) is 0 Å². The lowest BCUT2D eigenvalue weighted by atomic mass is 9.91. The van der Waals surface area contributed by atoms with Gasteiger partial charge in [0.25, 0.3) is 0 Å². The van der Waals surface area contributed by atoms with Crippen molar-refractivity contribution in [2.75, 3.05) is 13.2 Å². The van der Waals surface area contributed by atoms with E-state index in [9.17, 15) is 8.78 Å². The number of ether oxygens (including phenoxy) is 1. The first-order valence-electron chi connectivity index (χ1n) is 6.58. The van der Waals surface area contributed by atoms with E-state index < -0.39 is 6.61 Å². The minimum absolute atomic E-state index is 0.0777. The number of hydrogen-bond acceptors (Lipinski definition) is 3. The molecule has 0 aromatic heterocycles. The normalized spacial score (nSPS) is 15.8. The molecule has 0 saturated heterocycles. The van der Waals surface area contributed by atoms with E-state index in [4.69, 9.17) is 5.11 Å². The number of halogens is 2. The van der Waals surface area contributed by atoms with Crippen LogP contribution in [-0.4, -0.2) is 35.8 Å². The second kappa shape index (κ2) is 6.82. The minimum atomic E-state index is -2.81. The van der Waals surface area contributed by atoms with Gasteiger partial charge in [-0.15, -0.1) is 0 Å². The Bertz CT molecular complexity index is 397. The maximum absolute atomic E-state index is 12.3. The molecule has 0 amide bonds. The molecule has 0 heterocycles. The van der Waals surface area contributed by atoms with Gasteiger partial charge in [0.05, 0.1) is 6.61 Å². The van der Waals surface area contributed by atoms with E-state index in [2.05, 4.69) is 9.64 Å². The first-order valence-corrected chi connectivity index (χ1v) is 6.58. The topological polar surface area (TPSA) is 32.7 Å². The monoisotopic (exact) mass is 271 g/mol. The average molecular weight is 271 g/mol. The Morgan fingerprint density at radius 2 is 2.05 bits per heavy atom. The van der Waals surface area contributed by atoms with Crippen molar-refractivity contribution in [3.05, 3.63) is 29.8 Å². The number of aliphatic hydroxyl groups is 1. The Balaban J connectivity index is 2.06. The van der Waals surface area contributed by atoms with Gasteiger partial charge in [-0.1, -0.05) is 24.6 Å². The van der Waals surface area contributed by atoms with Crippen LogP contribution in [0.1, 0.15) is 24.8 Å². The lowest BCUT2D eigenvalue weighted by Crippen LogP contribution is -2.41. The van der Waals surface area contributed by atoms with E-state index in [-0.39, 0.29) is 12.4 Å². The van der Waals surface area contributed by atoms with E-state index >= 15 is 0 Å². The van der Waals surface area contributed by atoms with Gasteiger partial charge in [0, 0.05) is 24.7 Å². The average Bonchev–Trinajstić information content (AvgIpc) is 2.29. The van der Waals surface area contributed by atoms with E-state index in [1.54, 1.807) is 18.2 Å². The summed E-state index contributed by atoms with van der Waals surface area (Å²) in [5.74, 6) is 0.222. The Labute approximate surface area is 111 Å². The van der Waals surface area contributed by atoms with Crippen LogP contribution in [0, 0.1) is 0 Å². The van der Waals surface area contributed by atoms with Crippen molar-refractivity contribution < 1.29 is 18.6 Å². The second-order valence-corrected chi connectivity index (χ2v) is 4.77.